The summed E-state index contributed by atoms with van der Waals surface area (Å²) in [5.41, 5.74) is 0.0594. The molecule has 10 atom stereocenters. The fraction of sp³-hybridized carbons (Fsp3) is 0.964. The number of ketones is 1. The first-order valence-corrected chi connectivity index (χ1v) is 13.5. The van der Waals surface area contributed by atoms with Crippen molar-refractivity contribution in [1.82, 2.24) is 0 Å². The van der Waals surface area contributed by atoms with E-state index in [0.29, 0.717) is 34.0 Å². The standard InChI is InChI=1S/C28H44O4/c1-24(2)21-9-7-16-18-14-20-17(6-8-19(32-20)23(30)25(3,4)31)26(18,5)12-13-27(16)15-28(21,27)11-10-22(24)29/h16-22,29,31H,6-15H2,1-5H3/t16?,17?,18?,19?,20?,21?,22-,26?,27-,28?/m0/s1. The van der Waals surface area contributed by atoms with Gasteiger partial charge in [-0.25, -0.2) is 0 Å². The highest BCUT2D eigenvalue weighted by atomic mass is 16.5. The molecule has 6 fully saturated rings. The van der Waals surface area contributed by atoms with E-state index in [9.17, 15) is 15.0 Å². The van der Waals surface area contributed by atoms with E-state index < -0.39 is 11.7 Å². The molecule has 0 radical (unpaired) electrons. The van der Waals surface area contributed by atoms with Crippen molar-refractivity contribution in [3.05, 3.63) is 0 Å². The molecule has 0 amide bonds. The first kappa shape index (κ1) is 22.0. The molecular weight excluding hydrogens is 400 g/mol. The molecule has 6 rings (SSSR count). The molecule has 2 N–H and O–H groups in total. The van der Waals surface area contributed by atoms with Crippen molar-refractivity contribution in [2.45, 2.75) is 123 Å². The van der Waals surface area contributed by atoms with Gasteiger partial charge in [-0.2, -0.15) is 0 Å². The lowest BCUT2D eigenvalue weighted by atomic mass is 9.46. The summed E-state index contributed by atoms with van der Waals surface area (Å²) in [6.45, 7) is 10.4. The molecule has 5 aliphatic carbocycles. The zero-order valence-corrected chi connectivity index (χ0v) is 20.8. The van der Waals surface area contributed by atoms with Gasteiger partial charge in [-0.15, -0.1) is 0 Å². The largest absolute Gasteiger partial charge is 0.393 e. The van der Waals surface area contributed by atoms with Gasteiger partial charge in [0.2, 0.25) is 0 Å². The second-order valence-corrected chi connectivity index (χ2v) is 14.2. The van der Waals surface area contributed by atoms with Crippen molar-refractivity contribution < 1.29 is 19.7 Å². The molecule has 5 saturated carbocycles. The number of aliphatic hydroxyl groups is 2. The topological polar surface area (TPSA) is 66.8 Å². The van der Waals surface area contributed by atoms with Crippen LogP contribution in [0, 0.1) is 45.3 Å². The molecule has 6 aliphatic rings. The maximum atomic E-state index is 12.7. The van der Waals surface area contributed by atoms with E-state index in [1.165, 1.54) is 38.5 Å². The lowest BCUT2D eigenvalue weighted by molar-refractivity contribution is -0.161. The summed E-state index contributed by atoms with van der Waals surface area (Å²) < 4.78 is 6.49. The Kier molecular flexibility index (Phi) is 4.41. The number of aliphatic hydroxyl groups excluding tert-OH is 1. The summed E-state index contributed by atoms with van der Waals surface area (Å²) in [4.78, 5) is 12.7. The molecule has 180 valence electrons. The van der Waals surface area contributed by atoms with Crippen LogP contribution in [0.25, 0.3) is 0 Å². The predicted octanol–water partition coefficient (Wildman–Crippen LogP) is 4.89. The zero-order valence-electron chi connectivity index (χ0n) is 20.8. The van der Waals surface area contributed by atoms with Crippen LogP contribution in [0.1, 0.15) is 98.8 Å². The van der Waals surface area contributed by atoms with Gasteiger partial charge < -0.3 is 14.9 Å². The molecule has 1 saturated heterocycles. The molecular formula is C28H44O4. The maximum Gasteiger partial charge on any atom is 0.192 e. The first-order valence-electron chi connectivity index (χ1n) is 13.5. The minimum Gasteiger partial charge on any atom is -0.393 e. The van der Waals surface area contributed by atoms with E-state index in [1.807, 2.05) is 0 Å². The van der Waals surface area contributed by atoms with Gasteiger partial charge in [0.15, 0.2) is 5.78 Å². The van der Waals surface area contributed by atoms with Gasteiger partial charge >= 0.3 is 0 Å². The number of ether oxygens (including phenoxy) is 1. The normalized spacial score (nSPS) is 55.7. The van der Waals surface area contributed by atoms with Gasteiger partial charge in [0.05, 0.1) is 12.2 Å². The van der Waals surface area contributed by atoms with Crippen LogP contribution in [-0.4, -0.2) is 39.9 Å². The van der Waals surface area contributed by atoms with Gasteiger partial charge in [0, 0.05) is 0 Å². The average molecular weight is 445 g/mol. The van der Waals surface area contributed by atoms with Crippen molar-refractivity contribution >= 4 is 5.78 Å². The SMILES string of the molecule is CC(C)(O)C(=O)C1CCC2C(CC3C4CCC5C(C)(C)[C@@H](O)CCC56C[C@@]46CCC23C)O1. The average Bonchev–Trinajstić information content (AvgIpc) is 3.30. The summed E-state index contributed by atoms with van der Waals surface area (Å²) >= 11 is 0. The molecule has 1 heterocycles. The number of carbonyl (C=O) groups excluding carboxylic acids is 1. The predicted molar refractivity (Wildman–Crippen MR) is 123 cm³/mol. The van der Waals surface area contributed by atoms with Crippen LogP contribution >= 0.6 is 0 Å². The van der Waals surface area contributed by atoms with E-state index in [4.69, 9.17) is 4.74 Å². The van der Waals surface area contributed by atoms with Crippen LogP contribution in [0.3, 0.4) is 0 Å². The van der Waals surface area contributed by atoms with Gasteiger partial charge in [-0.1, -0.05) is 20.8 Å². The van der Waals surface area contributed by atoms with E-state index in [0.717, 1.165) is 31.6 Å². The lowest BCUT2D eigenvalue weighted by Gasteiger charge is -2.59. The number of rotatable bonds is 2. The Hall–Kier alpha value is -0.450. The molecule has 1 aliphatic heterocycles. The maximum absolute atomic E-state index is 12.7. The van der Waals surface area contributed by atoms with Gasteiger partial charge in [-0.3, -0.25) is 4.79 Å². The van der Waals surface area contributed by atoms with E-state index in [-0.39, 0.29) is 23.4 Å². The third kappa shape index (κ3) is 2.53. The third-order valence-corrected chi connectivity index (χ3v) is 12.5. The summed E-state index contributed by atoms with van der Waals surface area (Å²) in [5, 5.41) is 21.1. The Morgan fingerprint density at radius 1 is 0.906 bits per heavy atom. The fourth-order valence-electron chi connectivity index (χ4n) is 10.8. The second kappa shape index (κ2) is 6.40. The molecule has 32 heavy (non-hydrogen) atoms. The molecule has 0 aromatic rings. The van der Waals surface area contributed by atoms with Crippen LogP contribution < -0.4 is 0 Å². The molecule has 8 unspecified atom stereocenters. The summed E-state index contributed by atoms with van der Waals surface area (Å²) in [5.74, 6) is 2.59. The van der Waals surface area contributed by atoms with Crippen molar-refractivity contribution in [3.8, 4) is 0 Å². The first-order chi connectivity index (χ1) is 14.9. The molecule has 2 spiro atoms. The summed E-state index contributed by atoms with van der Waals surface area (Å²) in [6.07, 6.45) is 11.4. The number of Topliss-reactive ketones (excluding diaryl/α,β-unsaturated/α-hetero) is 1. The highest BCUT2D eigenvalue weighted by Gasteiger charge is 2.80. The highest BCUT2D eigenvalue weighted by Crippen LogP contribution is 2.87. The zero-order chi connectivity index (χ0) is 22.9. The summed E-state index contributed by atoms with van der Waals surface area (Å²) in [7, 11) is 0. The van der Waals surface area contributed by atoms with E-state index >= 15 is 0 Å². The monoisotopic (exact) mass is 444 g/mol. The fourth-order valence-corrected chi connectivity index (χ4v) is 10.8. The number of carbonyl (C=O) groups is 1. The van der Waals surface area contributed by atoms with E-state index in [2.05, 4.69) is 20.8 Å². The molecule has 0 aromatic heterocycles. The Morgan fingerprint density at radius 3 is 2.34 bits per heavy atom. The molecule has 0 aromatic carbocycles. The summed E-state index contributed by atoms with van der Waals surface area (Å²) in [6, 6.07) is 0. The van der Waals surface area contributed by atoms with Crippen molar-refractivity contribution in [3.63, 3.8) is 0 Å². The Balaban J connectivity index is 1.27. The third-order valence-electron chi connectivity index (χ3n) is 12.5. The molecule has 0 bridgehead atoms. The Morgan fingerprint density at radius 2 is 1.62 bits per heavy atom. The van der Waals surface area contributed by atoms with E-state index in [1.54, 1.807) is 13.8 Å². The molecule has 4 nitrogen and oxygen atoms in total. The van der Waals surface area contributed by atoms with Gasteiger partial charge in [0.25, 0.3) is 0 Å². The minimum atomic E-state index is -1.31. The smallest absolute Gasteiger partial charge is 0.192 e. The van der Waals surface area contributed by atoms with Gasteiger partial charge in [-0.05, 0) is 123 Å². The number of hydrogen-bond donors (Lipinski definition) is 2. The van der Waals surface area contributed by atoms with Crippen molar-refractivity contribution in [2.75, 3.05) is 0 Å². The Labute approximate surface area is 193 Å². The number of fused-ring (bicyclic) bond motifs is 4. The second-order valence-electron chi connectivity index (χ2n) is 14.2. The van der Waals surface area contributed by atoms with Crippen LogP contribution in [0.15, 0.2) is 0 Å². The highest BCUT2D eigenvalue weighted by molar-refractivity contribution is 5.90. The van der Waals surface area contributed by atoms with Crippen LogP contribution in [0.5, 0.6) is 0 Å². The minimum absolute atomic E-state index is 0.0466. The van der Waals surface area contributed by atoms with Crippen molar-refractivity contribution in [1.29, 1.82) is 0 Å². The quantitative estimate of drug-likeness (QED) is 0.636. The lowest BCUT2D eigenvalue weighted by Crippen LogP contribution is -2.54. The van der Waals surface area contributed by atoms with Crippen LogP contribution in [-0.2, 0) is 9.53 Å². The van der Waals surface area contributed by atoms with Gasteiger partial charge in [0.1, 0.15) is 11.7 Å². The number of hydrogen-bond acceptors (Lipinski definition) is 4. The molecule has 4 heteroatoms. The van der Waals surface area contributed by atoms with Crippen LogP contribution in [0.2, 0.25) is 0 Å². The van der Waals surface area contributed by atoms with Crippen LogP contribution in [0.4, 0.5) is 0 Å². The van der Waals surface area contributed by atoms with Crippen molar-refractivity contribution in [2.24, 2.45) is 45.3 Å². The Bertz CT molecular complexity index is 828.